The third-order valence-electron chi connectivity index (χ3n) is 2.60. The fourth-order valence-corrected chi connectivity index (χ4v) is 3.39. The van der Waals surface area contributed by atoms with Gasteiger partial charge >= 0.3 is 6.03 Å². The van der Waals surface area contributed by atoms with Gasteiger partial charge in [0.2, 0.25) is 0 Å². The molecule has 1 saturated heterocycles. The molecule has 1 fully saturated rings. The SMILES string of the molecule is O=C(NCc1ccoc1)N[C@H]1CCS(=O)(=O)C1. The van der Waals surface area contributed by atoms with Crippen molar-refractivity contribution in [3.05, 3.63) is 24.2 Å². The number of rotatable bonds is 3. The molecule has 0 spiro atoms. The van der Waals surface area contributed by atoms with Crippen LogP contribution in [0, 0.1) is 0 Å². The van der Waals surface area contributed by atoms with Gasteiger partial charge in [0, 0.05) is 18.2 Å². The summed E-state index contributed by atoms with van der Waals surface area (Å²) in [6.07, 6.45) is 3.56. The van der Waals surface area contributed by atoms with Gasteiger partial charge in [-0.1, -0.05) is 0 Å². The van der Waals surface area contributed by atoms with E-state index in [2.05, 4.69) is 10.6 Å². The van der Waals surface area contributed by atoms with E-state index in [1.54, 1.807) is 12.3 Å². The standard InChI is InChI=1S/C10H14N2O4S/c13-10(11-5-8-1-3-16-6-8)12-9-2-4-17(14,15)7-9/h1,3,6,9H,2,4-5,7H2,(H2,11,12,13)/t9-/m0/s1. The number of nitrogens with one attached hydrogen (secondary N) is 2. The molecule has 2 rings (SSSR count). The lowest BCUT2D eigenvalue weighted by molar-refractivity contribution is 0.237. The highest BCUT2D eigenvalue weighted by Gasteiger charge is 2.28. The average molecular weight is 258 g/mol. The lowest BCUT2D eigenvalue weighted by Crippen LogP contribution is -2.42. The van der Waals surface area contributed by atoms with Gasteiger partial charge in [0.1, 0.15) is 0 Å². The zero-order chi connectivity index (χ0) is 12.3. The number of sulfone groups is 1. The van der Waals surface area contributed by atoms with Gasteiger partial charge < -0.3 is 15.1 Å². The van der Waals surface area contributed by atoms with E-state index < -0.39 is 9.84 Å². The Kier molecular flexibility index (Phi) is 3.37. The van der Waals surface area contributed by atoms with Crippen molar-refractivity contribution < 1.29 is 17.6 Å². The molecule has 6 nitrogen and oxygen atoms in total. The maximum Gasteiger partial charge on any atom is 0.315 e. The molecule has 0 unspecified atom stereocenters. The molecular formula is C10H14N2O4S. The smallest absolute Gasteiger partial charge is 0.315 e. The molecule has 0 aliphatic carbocycles. The molecule has 0 bridgehead atoms. The molecular weight excluding hydrogens is 244 g/mol. The van der Waals surface area contributed by atoms with Gasteiger partial charge in [-0.2, -0.15) is 0 Å². The second-order valence-electron chi connectivity index (χ2n) is 4.06. The molecule has 1 aromatic rings. The Morgan fingerprint density at radius 3 is 2.94 bits per heavy atom. The summed E-state index contributed by atoms with van der Waals surface area (Å²) < 4.78 is 27.2. The molecule has 0 aromatic carbocycles. The highest BCUT2D eigenvalue weighted by atomic mass is 32.2. The average Bonchev–Trinajstić information content (AvgIpc) is 2.85. The van der Waals surface area contributed by atoms with Crippen LogP contribution in [-0.2, 0) is 16.4 Å². The third kappa shape index (κ3) is 3.48. The zero-order valence-electron chi connectivity index (χ0n) is 9.18. The number of urea groups is 1. The first-order chi connectivity index (χ1) is 8.05. The maximum absolute atomic E-state index is 11.5. The summed E-state index contributed by atoms with van der Waals surface area (Å²) >= 11 is 0. The van der Waals surface area contributed by atoms with Gasteiger partial charge in [0.25, 0.3) is 0 Å². The summed E-state index contributed by atoms with van der Waals surface area (Å²) in [7, 11) is -2.96. The molecule has 0 radical (unpaired) electrons. The van der Waals surface area contributed by atoms with Crippen LogP contribution in [0.5, 0.6) is 0 Å². The molecule has 2 N–H and O–H groups in total. The Labute approximate surface area is 99.3 Å². The van der Waals surface area contributed by atoms with Crippen molar-refractivity contribution in [1.82, 2.24) is 10.6 Å². The number of carbonyl (C=O) groups excluding carboxylic acids is 1. The Hall–Kier alpha value is -1.50. The highest BCUT2D eigenvalue weighted by Crippen LogP contribution is 2.10. The van der Waals surface area contributed by atoms with E-state index in [1.165, 1.54) is 6.26 Å². The van der Waals surface area contributed by atoms with Crippen LogP contribution in [0.15, 0.2) is 23.0 Å². The zero-order valence-corrected chi connectivity index (χ0v) is 10.00. The fraction of sp³-hybridized carbons (Fsp3) is 0.500. The number of carbonyl (C=O) groups is 1. The largest absolute Gasteiger partial charge is 0.472 e. The van der Waals surface area contributed by atoms with E-state index in [4.69, 9.17) is 4.42 Å². The summed E-state index contributed by atoms with van der Waals surface area (Å²) in [5.74, 6) is 0.186. The number of hydrogen-bond acceptors (Lipinski definition) is 4. The second kappa shape index (κ2) is 4.79. The van der Waals surface area contributed by atoms with Crippen LogP contribution in [0.2, 0.25) is 0 Å². The molecule has 0 saturated carbocycles. The summed E-state index contributed by atoms with van der Waals surface area (Å²) in [6, 6.07) is 1.12. The molecule has 94 valence electrons. The number of furan rings is 1. The van der Waals surface area contributed by atoms with Gasteiger partial charge in [-0.3, -0.25) is 0 Å². The third-order valence-corrected chi connectivity index (χ3v) is 4.37. The Morgan fingerprint density at radius 2 is 2.35 bits per heavy atom. The quantitative estimate of drug-likeness (QED) is 0.814. The van der Waals surface area contributed by atoms with Gasteiger partial charge in [0.05, 0.1) is 24.0 Å². The van der Waals surface area contributed by atoms with Crippen LogP contribution in [0.4, 0.5) is 4.79 Å². The number of hydrogen-bond donors (Lipinski definition) is 2. The van der Waals surface area contributed by atoms with E-state index in [-0.39, 0.29) is 23.6 Å². The minimum atomic E-state index is -2.96. The summed E-state index contributed by atoms with van der Waals surface area (Å²) in [5.41, 5.74) is 0.860. The summed E-state index contributed by atoms with van der Waals surface area (Å²) in [5, 5.41) is 5.27. The Bertz CT molecular complexity index is 480. The van der Waals surface area contributed by atoms with Crippen molar-refractivity contribution in [2.75, 3.05) is 11.5 Å². The van der Waals surface area contributed by atoms with Crippen molar-refractivity contribution >= 4 is 15.9 Å². The normalized spacial score (nSPS) is 22.2. The van der Waals surface area contributed by atoms with Crippen molar-refractivity contribution in [1.29, 1.82) is 0 Å². The summed E-state index contributed by atoms with van der Waals surface area (Å²) in [4.78, 5) is 11.5. The Morgan fingerprint density at radius 1 is 1.53 bits per heavy atom. The van der Waals surface area contributed by atoms with Gasteiger partial charge in [0.15, 0.2) is 9.84 Å². The molecule has 2 amide bonds. The summed E-state index contributed by atoms with van der Waals surface area (Å²) in [6.45, 7) is 0.363. The first-order valence-electron chi connectivity index (χ1n) is 5.31. The molecule has 17 heavy (non-hydrogen) atoms. The lowest BCUT2D eigenvalue weighted by atomic mass is 10.3. The van der Waals surface area contributed by atoms with E-state index in [1.807, 2.05) is 0 Å². The van der Waals surface area contributed by atoms with Crippen molar-refractivity contribution in [2.24, 2.45) is 0 Å². The van der Waals surface area contributed by atoms with E-state index in [0.29, 0.717) is 13.0 Å². The molecule has 1 aliphatic rings. The number of amides is 2. The highest BCUT2D eigenvalue weighted by molar-refractivity contribution is 7.91. The van der Waals surface area contributed by atoms with Crippen LogP contribution in [0.1, 0.15) is 12.0 Å². The van der Waals surface area contributed by atoms with Crippen LogP contribution in [-0.4, -0.2) is 32.0 Å². The van der Waals surface area contributed by atoms with Gasteiger partial charge in [-0.25, -0.2) is 13.2 Å². The predicted octanol–water partition coefficient (Wildman–Crippen LogP) is 0.266. The Balaban J connectivity index is 1.75. The lowest BCUT2D eigenvalue weighted by Gasteiger charge is -2.11. The van der Waals surface area contributed by atoms with E-state index >= 15 is 0 Å². The minimum Gasteiger partial charge on any atom is -0.472 e. The molecule has 1 aromatic heterocycles. The van der Waals surface area contributed by atoms with Crippen molar-refractivity contribution in [2.45, 2.75) is 19.0 Å². The van der Waals surface area contributed by atoms with Crippen LogP contribution < -0.4 is 10.6 Å². The molecule has 2 heterocycles. The first kappa shape index (κ1) is 12.0. The second-order valence-corrected chi connectivity index (χ2v) is 6.29. The van der Waals surface area contributed by atoms with Crippen molar-refractivity contribution in [3.8, 4) is 0 Å². The van der Waals surface area contributed by atoms with Gasteiger partial charge in [-0.15, -0.1) is 0 Å². The molecule has 7 heteroatoms. The minimum absolute atomic E-state index is 0.0339. The predicted molar refractivity (Wildman–Crippen MR) is 61.1 cm³/mol. The monoisotopic (exact) mass is 258 g/mol. The van der Waals surface area contributed by atoms with Crippen LogP contribution >= 0.6 is 0 Å². The van der Waals surface area contributed by atoms with Gasteiger partial charge in [-0.05, 0) is 12.5 Å². The molecule has 1 aliphatic heterocycles. The first-order valence-corrected chi connectivity index (χ1v) is 7.13. The fourth-order valence-electron chi connectivity index (χ4n) is 1.72. The van der Waals surface area contributed by atoms with Crippen LogP contribution in [0.25, 0.3) is 0 Å². The molecule has 1 atom stereocenters. The van der Waals surface area contributed by atoms with Crippen molar-refractivity contribution in [3.63, 3.8) is 0 Å². The maximum atomic E-state index is 11.5. The van der Waals surface area contributed by atoms with E-state index in [9.17, 15) is 13.2 Å². The topological polar surface area (TPSA) is 88.4 Å². The van der Waals surface area contributed by atoms with Crippen LogP contribution in [0.3, 0.4) is 0 Å². The van der Waals surface area contributed by atoms with E-state index in [0.717, 1.165) is 5.56 Å².